The topological polar surface area (TPSA) is 72.6 Å². The molecular weight excluding hydrogens is 340 g/mol. The molecule has 2 aromatic carbocycles. The first kappa shape index (κ1) is 17.3. The van der Waals surface area contributed by atoms with E-state index in [1.807, 2.05) is 31.2 Å². The summed E-state index contributed by atoms with van der Waals surface area (Å²) >= 11 is 5.90. The van der Waals surface area contributed by atoms with Crippen LogP contribution in [0.4, 0.5) is 5.69 Å². The number of hydrogen-bond acceptors (Lipinski definition) is 3. The van der Waals surface area contributed by atoms with Gasteiger partial charge >= 0.3 is 0 Å². The Morgan fingerprint density at radius 1 is 1.28 bits per heavy atom. The number of para-hydroxylation sites is 1. The molecule has 5 nitrogen and oxygen atoms in total. The second-order valence-corrected chi connectivity index (χ2v) is 6.59. The van der Waals surface area contributed by atoms with Crippen LogP contribution >= 0.6 is 11.6 Å². The number of benzene rings is 2. The Morgan fingerprint density at radius 2 is 2.00 bits per heavy atom. The van der Waals surface area contributed by atoms with Gasteiger partial charge in [0, 0.05) is 16.8 Å². The molecule has 0 radical (unpaired) electrons. The molecular formula is C19H19ClN2O3. The molecule has 1 aliphatic rings. The summed E-state index contributed by atoms with van der Waals surface area (Å²) in [6.07, 6.45) is 0.0372. The third-order valence-electron chi connectivity index (χ3n) is 4.30. The van der Waals surface area contributed by atoms with Crippen molar-refractivity contribution in [1.29, 1.82) is 0 Å². The van der Waals surface area contributed by atoms with Crippen LogP contribution in [0.2, 0.25) is 5.02 Å². The zero-order valence-corrected chi connectivity index (χ0v) is 14.8. The van der Waals surface area contributed by atoms with E-state index in [9.17, 15) is 9.59 Å². The van der Waals surface area contributed by atoms with E-state index >= 15 is 0 Å². The van der Waals surface area contributed by atoms with Gasteiger partial charge in [0.05, 0.1) is 5.56 Å². The van der Waals surface area contributed by atoms with Gasteiger partial charge in [-0.1, -0.05) is 29.8 Å². The normalized spacial score (nSPS) is 17.1. The lowest BCUT2D eigenvalue weighted by Crippen LogP contribution is -2.43. The molecule has 2 aromatic rings. The number of hydrogen-bond donors (Lipinski definition) is 1. The second-order valence-electron chi connectivity index (χ2n) is 6.15. The van der Waals surface area contributed by atoms with Crippen molar-refractivity contribution in [1.82, 2.24) is 0 Å². The zero-order chi connectivity index (χ0) is 18.1. The summed E-state index contributed by atoms with van der Waals surface area (Å²) in [6.45, 7) is 3.66. The van der Waals surface area contributed by atoms with Crippen molar-refractivity contribution in [2.45, 2.75) is 32.4 Å². The van der Waals surface area contributed by atoms with Gasteiger partial charge in [0.15, 0.2) is 6.10 Å². The van der Waals surface area contributed by atoms with Gasteiger partial charge < -0.3 is 15.4 Å². The lowest BCUT2D eigenvalue weighted by Gasteiger charge is -2.26. The largest absolute Gasteiger partial charge is 0.480 e. The van der Waals surface area contributed by atoms with Crippen molar-refractivity contribution in [2.24, 2.45) is 5.73 Å². The Kier molecular flexibility index (Phi) is 4.68. The number of halogens is 1. The predicted molar refractivity (Wildman–Crippen MR) is 97.2 cm³/mol. The van der Waals surface area contributed by atoms with Crippen molar-refractivity contribution in [3.05, 3.63) is 58.6 Å². The van der Waals surface area contributed by atoms with Crippen molar-refractivity contribution in [2.75, 3.05) is 4.90 Å². The maximum atomic E-state index is 12.9. The highest BCUT2D eigenvalue weighted by Crippen LogP contribution is 2.33. The van der Waals surface area contributed by atoms with Crippen LogP contribution in [-0.4, -0.2) is 24.0 Å². The number of nitrogens with zero attached hydrogens (tertiary/aromatic N) is 1. The Balaban J connectivity index is 1.84. The van der Waals surface area contributed by atoms with E-state index in [-0.39, 0.29) is 23.3 Å². The number of rotatable bonds is 4. The molecule has 0 aromatic heterocycles. The predicted octanol–water partition coefficient (Wildman–Crippen LogP) is 3.18. The molecule has 2 amide bonds. The van der Waals surface area contributed by atoms with Crippen molar-refractivity contribution in [3.8, 4) is 5.75 Å². The van der Waals surface area contributed by atoms with E-state index in [2.05, 4.69) is 0 Å². The van der Waals surface area contributed by atoms with Gasteiger partial charge in [0.25, 0.3) is 11.8 Å². The smallest absolute Gasteiger partial charge is 0.268 e. The average molecular weight is 359 g/mol. The molecule has 0 unspecified atom stereocenters. The standard InChI is InChI=1S/C19H19ClN2O3/c1-11-9-13-5-3-4-6-16(13)22(11)19(24)12(2)25-17-8-7-14(20)10-15(17)18(21)23/h3-8,10-12H,9H2,1-2H3,(H2,21,23)/t11-,12-/m0/s1. The van der Waals surface area contributed by atoms with E-state index in [0.717, 1.165) is 17.7 Å². The van der Waals surface area contributed by atoms with Gasteiger partial charge in [-0.3, -0.25) is 9.59 Å². The maximum Gasteiger partial charge on any atom is 0.268 e. The molecule has 25 heavy (non-hydrogen) atoms. The highest BCUT2D eigenvalue weighted by Gasteiger charge is 2.34. The van der Waals surface area contributed by atoms with Crippen molar-refractivity contribution >= 4 is 29.1 Å². The van der Waals surface area contributed by atoms with E-state index < -0.39 is 12.0 Å². The summed E-state index contributed by atoms with van der Waals surface area (Å²) in [5.74, 6) is -0.572. The van der Waals surface area contributed by atoms with Crippen LogP contribution in [-0.2, 0) is 11.2 Å². The van der Waals surface area contributed by atoms with Gasteiger partial charge in [0.1, 0.15) is 5.75 Å². The SMILES string of the molecule is C[C@H](Oc1ccc(Cl)cc1C(N)=O)C(=O)N1c2ccccc2C[C@@H]1C. The van der Waals surface area contributed by atoms with Crippen molar-refractivity contribution in [3.63, 3.8) is 0 Å². The fraction of sp³-hybridized carbons (Fsp3) is 0.263. The van der Waals surface area contributed by atoms with Crippen LogP contribution < -0.4 is 15.4 Å². The molecule has 0 aliphatic carbocycles. The molecule has 3 rings (SSSR count). The minimum absolute atomic E-state index is 0.0526. The van der Waals surface area contributed by atoms with Crippen LogP contribution in [0.5, 0.6) is 5.75 Å². The van der Waals surface area contributed by atoms with Crippen LogP contribution in [0, 0.1) is 0 Å². The number of carbonyl (C=O) groups excluding carboxylic acids is 2. The lowest BCUT2D eigenvalue weighted by atomic mass is 10.1. The number of primary amides is 1. The van der Waals surface area contributed by atoms with Gasteiger partial charge in [-0.05, 0) is 50.1 Å². The third kappa shape index (κ3) is 3.33. The molecule has 0 fully saturated rings. The van der Waals surface area contributed by atoms with Crippen molar-refractivity contribution < 1.29 is 14.3 Å². The first-order chi connectivity index (χ1) is 11.9. The molecule has 2 atom stereocenters. The first-order valence-electron chi connectivity index (χ1n) is 8.05. The molecule has 0 saturated carbocycles. The fourth-order valence-corrected chi connectivity index (χ4v) is 3.31. The maximum absolute atomic E-state index is 12.9. The molecule has 2 N–H and O–H groups in total. The third-order valence-corrected chi connectivity index (χ3v) is 4.54. The Hall–Kier alpha value is -2.53. The zero-order valence-electron chi connectivity index (χ0n) is 14.0. The van der Waals surface area contributed by atoms with Gasteiger partial charge in [-0.15, -0.1) is 0 Å². The highest BCUT2D eigenvalue weighted by atomic mass is 35.5. The van der Waals surface area contributed by atoms with Crippen LogP contribution in [0.1, 0.15) is 29.8 Å². The Labute approximate surface area is 151 Å². The summed E-state index contributed by atoms with van der Waals surface area (Å²) < 4.78 is 5.75. The van der Waals surface area contributed by atoms with E-state index in [1.54, 1.807) is 24.0 Å². The van der Waals surface area contributed by atoms with E-state index in [4.69, 9.17) is 22.1 Å². The molecule has 0 saturated heterocycles. The monoisotopic (exact) mass is 358 g/mol. The summed E-state index contributed by atoms with van der Waals surface area (Å²) in [7, 11) is 0. The fourth-order valence-electron chi connectivity index (χ4n) is 3.14. The van der Waals surface area contributed by atoms with Gasteiger partial charge in [-0.25, -0.2) is 0 Å². The lowest BCUT2D eigenvalue weighted by molar-refractivity contribution is -0.124. The molecule has 6 heteroatoms. The number of carbonyl (C=O) groups is 2. The van der Waals surface area contributed by atoms with E-state index in [1.165, 1.54) is 6.07 Å². The molecule has 130 valence electrons. The van der Waals surface area contributed by atoms with E-state index in [0.29, 0.717) is 5.02 Å². The first-order valence-corrected chi connectivity index (χ1v) is 8.43. The molecule has 1 aliphatic heterocycles. The number of fused-ring (bicyclic) bond motifs is 1. The summed E-state index contributed by atoms with van der Waals surface area (Å²) in [5, 5.41) is 0.377. The van der Waals surface area contributed by atoms with Gasteiger partial charge in [-0.2, -0.15) is 0 Å². The number of nitrogens with two attached hydrogens (primary N) is 1. The van der Waals surface area contributed by atoms with Crippen LogP contribution in [0.3, 0.4) is 0 Å². The van der Waals surface area contributed by atoms with Crippen LogP contribution in [0.25, 0.3) is 0 Å². The Morgan fingerprint density at radius 3 is 2.72 bits per heavy atom. The number of anilines is 1. The Bertz CT molecular complexity index is 837. The summed E-state index contributed by atoms with van der Waals surface area (Å²) in [4.78, 5) is 26.3. The minimum atomic E-state index is -0.770. The number of amides is 2. The molecule has 0 spiro atoms. The van der Waals surface area contributed by atoms with Gasteiger partial charge in [0.2, 0.25) is 0 Å². The number of ether oxygens (including phenoxy) is 1. The van der Waals surface area contributed by atoms with Crippen LogP contribution in [0.15, 0.2) is 42.5 Å². The summed E-state index contributed by atoms with van der Waals surface area (Å²) in [6, 6.07) is 12.5. The highest BCUT2D eigenvalue weighted by molar-refractivity contribution is 6.31. The average Bonchev–Trinajstić information content (AvgIpc) is 2.91. The quantitative estimate of drug-likeness (QED) is 0.912. The molecule has 0 bridgehead atoms. The molecule has 1 heterocycles. The summed E-state index contributed by atoms with van der Waals surface area (Å²) in [5.41, 5.74) is 7.57. The minimum Gasteiger partial charge on any atom is -0.480 e. The second kappa shape index (κ2) is 6.76.